The van der Waals surface area contributed by atoms with E-state index in [1.165, 1.54) is 11.1 Å². The molecule has 0 saturated carbocycles. The van der Waals surface area contributed by atoms with Crippen molar-refractivity contribution in [2.75, 3.05) is 0 Å². The zero-order valence-corrected chi connectivity index (χ0v) is 9.09. The van der Waals surface area contributed by atoms with Crippen molar-refractivity contribution in [1.82, 2.24) is 5.43 Å². The Hall–Kier alpha value is -0.860. The Morgan fingerprint density at radius 2 is 2.21 bits per heavy atom. The third-order valence-corrected chi connectivity index (χ3v) is 2.59. The van der Waals surface area contributed by atoms with Gasteiger partial charge in [0, 0.05) is 6.04 Å². The lowest BCUT2D eigenvalue weighted by Crippen LogP contribution is -2.34. The molecule has 0 aromatic heterocycles. The Balaban J connectivity index is 2.44. The molecule has 0 amide bonds. The Labute approximate surface area is 86.5 Å². The summed E-state index contributed by atoms with van der Waals surface area (Å²) in [4.78, 5) is 0. The average Bonchev–Trinajstić information content (AvgIpc) is 2.19. The zero-order valence-electron chi connectivity index (χ0n) is 9.09. The minimum Gasteiger partial charge on any atom is -0.271 e. The van der Waals surface area contributed by atoms with E-state index in [9.17, 15) is 0 Å². The van der Waals surface area contributed by atoms with E-state index >= 15 is 0 Å². The number of aryl methyl sites for hydroxylation is 2. The molecule has 0 aliphatic carbocycles. The highest BCUT2D eigenvalue weighted by molar-refractivity contribution is 5.22. The molecule has 0 radical (unpaired) electrons. The highest BCUT2D eigenvalue weighted by atomic mass is 15.2. The van der Waals surface area contributed by atoms with Crippen LogP contribution in [0.5, 0.6) is 0 Å². The van der Waals surface area contributed by atoms with Gasteiger partial charge in [-0.3, -0.25) is 11.3 Å². The molecule has 0 spiro atoms. The van der Waals surface area contributed by atoms with Gasteiger partial charge < -0.3 is 0 Å². The number of nitrogens with two attached hydrogens (primary N) is 1. The molecule has 1 rings (SSSR count). The zero-order chi connectivity index (χ0) is 10.4. The number of hydrogen-bond donors (Lipinski definition) is 2. The monoisotopic (exact) mass is 192 g/mol. The molecule has 1 atom stereocenters. The minimum atomic E-state index is 0.440. The van der Waals surface area contributed by atoms with Gasteiger partial charge in [-0.1, -0.05) is 36.8 Å². The summed E-state index contributed by atoms with van der Waals surface area (Å²) in [6, 6.07) is 9.10. The van der Waals surface area contributed by atoms with Gasteiger partial charge in [0.1, 0.15) is 0 Å². The summed E-state index contributed by atoms with van der Waals surface area (Å²) in [5, 5.41) is 0. The summed E-state index contributed by atoms with van der Waals surface area (Å²) in [7, 11) is 0. The lowest BCUT2D eigenvalue weighted by Gasteiger charge is -2.13. The van der Waals surface area contributed by atoms with Gasteiger partial charge in [0.2, 0.25) is 0 Å². The van der Waals surface area contributed by atoms with E-state index in [4.69, 9.17) is 5.84 Å². The first kappa shape index (κ1) is 11.2. The van der Waals surface area contributed by atoms with Crippen molar-refractivity contribution in [1.29, 1.82) is 0 Å². The van der Waals surface area contributed by atoms with Gasteiger partial charge in [-0.2, -0.15) is 0 Å². The predicted octanol–water partition coefficient (Wildman–Crippen LogP) is 2.17. The first-order valence-corrected chi connectivity index (χ1v) is 5.28. The topological polar surface area (TPSA) is 38.0 Å². The van der Waals surface area contributed by atoms with Crippen LogP contribution in [0, 0.1) is 6.92 Å². The molecule has 0 bridgehead atoms. The molecule has 78 valence electrons. The smallest absolute Gasteiger partial charge is 0.0211 e. The molecule has 0 aliphatic rings. The van der Waals surface area contributed by atoms with Crippen molar-refractivity contribution in [2.45, 2.75) is 39.2 Å². The van der Waals surface area contributed by atoms with Crippen LogP contribution in [0.2, 0.25) is 0 Å². The van der Waals surface area contributed by atoms with Crippen LogP contribution in [-0.2, 0) is 6.42 Å². The number of benzene rings is 1. The molecular weight excluding hydrogens is 172 g/mol. The summed E-state index contributed by atoms with van der Waals surface area (Å²) >= 11 is 0. The minimum absolute atomic E-state index is 0.440. The summed E-state index contributed by atoms with van der Waals surface area (Å²) in [6.45, 7) is 4.28. The normalized spacial score (nSPS) is 12.8. The van der Waals surface area contributed by atoms with Crippen LogP contribution in [0.15, 0.2) is 24.3 Å². The first-order valence-electron chi connectivity index (χ1n) is 5.28. The highest BCUT2D eigenvalue weighted by Crippen LogP contribution is 2.08. The molecule has 14 heavy (non-hydrogen) atoms. The summed E-state index contributed by atoms with van der Waals surface area (Å²) in [5.41, 5.74) is 5.57. The van der Waals surface area contributed by atoms with Gasteiger partial charge in [0.05, 0.1) is 0 Å². The SMILES string of the molecule is CCC(CCc1cccc(C)c1)NN. The quantitative estimate of drug-likeness (QED) is 0.554. The van der Waals surface area contributed by atoms with Gasteiger partial charge in [-0.15, -0.1) is 0 Å². The standard InChI is InChI=1S/C12H20N2/c1-3-12(14-13)8-7-11-6-4-5-10(2)9-11/h4-6,9,12,14H,3,7-8,13H2,1-2H3. The average molecular weight is 192 g/mol. The van der Waals surface area contributed by atoms with Crippen molar-refractivity contribution < 1.29 is 0 Å². The van der Waals surface area contributed by atoms with Crippen LogP contribution >= 0.6 is 0 Å². The Kier molecular flexibility index (Phi) is 4.63. The van der Waals surface area contributed by atoms with Crippen LogP contribution in [0.3, 0.4) is 0 Å². The predicted molar refractivity (Wildman–Crippen MR) is 60.9 cm³/mol. The van der Waals surface area contributed by atoms with Crippen molar-refractivity contribution in [3.8, 4) is 0 Å². The maximum absolute atomic E-state index is 5.43. The van der Waals surface area contributed by atoms with Gasteiger partial charge in [0.15, 0.2) is 0 Å². The molecular formula is C12H20N2. The third-order valence-electron chi connectivity index (χ3n) is 2.59. The van der Waals surface area contributed by atoms with E-state index in [0.717, 1.165) is 19.3 Å². The second kappa shape index (κ2) is 5.78. The summed E-state index contributed by atoms with van der Waals surface area (Å²) in [6.07, 6.45) is 3.29. The van der Waals surface area contributed by atoms with Crippen molar-refractivity contribution in [3.63, 3.8) is 0 Å². The van der Waals surface area contributed by atoms with E-state index in [0.29, 0.717) is 6.04 Å². The van der Waals surface area contributed by atoms with Gasteiger partial charge in [-0.25, -0.2) is 0 Å². The van der Waals surface area contributed by atoms with Gasteiger partial charge in [-0.05, 0) is 31.7 Å². The Bertz CT molecular complexity index is 267. The number of hydrogen-bond acceptors (Lipinski definition) is 2. The first-order chi connectivity index (χ1) is 6.76. The second-order valence-corrected chi connectivity index (χ2v) is 3.80. The van der Waals surface area contributed by atoms with Crippen molar-refractivity contribution in [3.05, 3.63) is 35.4 Å². The van der Waals surface area contributed by atoms with E-state index < -0.39 is 0 Å². The van der Waals surface area contributed by atoms with Gasteiger partial charge >= 0.3 is 0 Å². The summed E-state index contributed by atoms with van der Waals surface area (Å²) < 4.78 is 0. The molecule has 0 heterocycles. The molecule has 1 unspecified atom stereocenters. The molecule has 0 aliphatic heterocycles. The Morgan fingerprint density at radius 3 is 2.79 bits per heavy atom. The molecule has 0 fully saturated rings. The molecule has 3 N–H and O–H groups in total. The van der Waals surface area contributed by atoms with Crippen molar-refractivity contribution >= 4 is 0 Å². The van der Waals surface area contributed by atoms with Crippen molar-refractivity contribution in [2.24, 2.45) is 5.84 Å². The highest BCUT2D eigenvalue weighted by Gasteiger charge is 2.03. The van der Waals surface area contributed by atoms with E-state index in [-0.39, 0.29) is 0 Å². The fraction of sp³-hybridized carbons (Fsp3) is 0.500. The van der Waals surface area contributed by atoms with Crippen LogP contribution in [-0.4, -0.2) is 6.04 Å². The Morgan fingerprint density at radius 1 is 1.43 bits per heavy atom. The fourth-order valence-electron chi connectivity index (χ4n) is 1.61. The number of nitrogens with one attached hydrogen (secondary N) is 1. The van der Waals surface area contributed by atoms with Crippen LogP contribution in [0.25, 0.3) is 0 Å². The van der Waals surface area contributed by atoms with Crippen LogP contribution in [0.4, 0.5) is 0 Å². The van der Waals surface area contributed by atoms with E-state index in [1.807, 2.05) is 0 Å². The molecule has 2 nitrogen and oxygen atoms in total. The van der Waals surface area contributed by atoms with E-state index in [2.05, 4.69) is 43.5 Å². The number of rotatable bonds is 5. The molecule has 2 heteroatoms. The lowest BCUT2D eigenvalue weighted by molar-refractivity contribution is 0.481. The second-order valence-electron chi connectivity index (χ2n) is 3.80. The van der Waals surface area contributed by atoms with Crippen LogP contribution < -0.4 is 11.3 Å². The molecule has 1 aromatic carbocycles. The van der Waals surface area contributed by atoms with Crippen LogP contribution in [0.1, 0.15) is 30.9 Å². The van der Waals surface area contributed by atoms with Gasteiger partial charge in [0.25, 0.3) is 0 Å². The largest absolute Gasteiger partial charge is 0.271 e. The number of hydrazine groups is 1. The molecule has 1 aromatic rings. The third kappa shape index (κ3) is 3.48. The molecule has 0 saturated heterocycles. The lowest BCUT2D eigenvalue weighted by atomic mass is 10.0. The van der Waals surface area contributed by atoms with E-state index in [1.54, 1.807) is 0 Å². The maximum Gasteiger partial charge on any atom is 0.0211 e. The maximum atomic E-state index is 5.43. The fourth-order valence-corrected chi connectivity index (χ4v) is 1.61. The summed E-state index contributed by atoms with van der Waals surface area (Å²) in [5.74, 6) is 5.43.